The Bertz CT molecular complexity index is 688. The van der Waals surface area contributed by atoms with Crippen LogP contribution in [0, 0.1) is 0 Å². The highest BCUT2D eigenvalue weighted by Gasteiger charge is 2.30. The van der Waals surface area contributed by atoms with Gasteiger partial charge < -0.3 is 9.80 Å². The largest absolute Gasteiger partial charge is 0.341 e. The number of nitrogens with one attached hydrogen (secondary N) is 2. The van der Waals surface area contributed by atoms with Crippen molar-refractivity contribution in [2.45, 2.75) is 36.7 Å². The SMILES string of the molecule is C[C@@H](NS(=O)(=O)c1cccc(Cl)c1)C(=O)N(C)C1CC[NH+](C)CC1. The molecule has 0 spiro atoms. The topological polar surface area (TPSA) is 70.9 Å². The van der Waals surface area contributed by atoms with Gasteiger partial charge in [-0.2, -0.15) is 4.72 Å². The molecule has 0 saturated carbocycles. The lowest BCUT2D eigenvalue weighted by Gasteiger charge is -2.34. The van der Waals surface area contributed by atoms with E-state index in [2.05, 4.69) is 11.8 Å². The second-order valence-corrected chi connectivity index (χ2v) is 8.59. The van der Waals surface area contributed by atoms with E-state index in [1.165, 1.54) is 17.0 Å². The molecule has 1 aromatic rings. The Morgan fingerprint density at radius 1 is 1.38 bits per heavy atom. The van der Waals surface area contributed by atoms with Gasteiger partial charge in [0.2, 0.25) is 15.9 Å². The number of halogens is 1. The average Bonchev–Trinajstić information content (AvgIpc) is 2.53. The fourth-order valence-corrected chi connectivity index (χ4v) is 4.45. The van der Waals surface area contributed by atoms with Gasteiger partial charge in [0.25, 0.3) is 0 Å². The molecule has 1 heterocycles. The van der Waals surface area contributed by atoms with E-state index in [9.17, 15) is 13.2 Å². The number of nitrogens with zero attached hydrogens (tertiary/aromatic N) is 1. The quantitative estimate of drug-likeness (QED) is 0.770. The highest BCUT2D eigenvalue weighted by atomic mass is 35.5. The normalized spacial score (nSPS) is 22.8. The lowest BCUT2D eigenvalue weighted by atomic mass is 10.0. The molecule has 1 saturated heterocycles. The van der Waals surface area contributed by atoms with Crippen LogP contribution in [0.1, 0.15) is 19.8 Å². The van der Waals surface area contributed by atoms with Crippen molar-refractivity contribution in [3.8, 4) is 0 Å². The van der Waals surface area contributed by atoms with E-state index in [4.69, 9.17) is 11.6 Å². The van der Waals surface area contributed by atoms with Crippen molar-refractivity contribution >= 4 is 27.5 Å². The third-order valence-corrected chi connectivity index (χ3v) is 6.29. The molecule has 2 rings (SSSR count). The third kappa shape index (κ3) is 4.69. The zero-order valence-electron chi connectivity index (χ0n) is 14.3. The van der Waals surface area contributed by atoms with Gasteiger partial charge in [-0.05, 0) is 25.1 Å². The van der Waals surface area contributed by atoms with E-state index in [1.807, 2.05) is 0 Å². The van der Waals surface area contributed by atoms with Gasteiger partial charge in [0.1, 0.15) is 0 Å². The van der Waals surface area contributed by atoms with Gasteiger partial charge in [-0.15, -0.1) is 0 Å². The number of amides is 1. The molecule has 8 heteroatoms. The number of likely N-dealkylation sites (tertiary alicyclic amines) is 1. The molecule has 1 atom stereocenters. The summed E-state index contributed by atoms with van der Waals surface area (Å²) >= 11 is 5.84. The lowest BCUT2D eigenvalue weighted by molar-refractivity contribution is -0.885. The number of hydrogen-bond acceptors (Lipinski definition) is 3. The highest BCUT2D eigenvalue weighted by Crippen LogP contribution is 2.16. The second-order valence-electron chi connectivity index (χ2n) is 6.44. The van der Waals surface area contributed by atoms with Crippen LogP contribution in [0.25, 0.3) is 0 Å². The predicted molar refractivity (Wildman–Crippen MR) is 93.6 cm³/mol. The van der Waals surface area contributed by atoms with Gasteiger partial charge in [-0.1, -0.05) is 17.7 Å². The van der Waals surface area contributed by atoms with Crippen LogP contribution in [0.3, 0.4) is 0 Å². The van der Waals surface area contributed by atoms with Crippen molar-refractivity contribution in [3.63, 3.8) is 0 Å². The van der Waals surface area contributed by atoms with Crippen LogP contribution < -0.4 is 9.62 Å². The first kappa shape index (κ1) is 19.2. The minimum atomic E-state index is -3.79. The van der Waals surface area contributed by atoms with Crippen molar-refractivity contribution in [2.75, 3.05) is 27.2 Å². The maximum atomic E-state index is 12.6. The molecule has 1 aromatic carbocycles. The number of rotatable bonds is 5. The number of piperidine rings is 1. The zero-order valence-corrected chi connectivity index (χ0v) is 15.8. The number of benzene rings is 1. The van der Waals surface area contributed by atoms with Gasteiger partial charge >= 0.3 is 0 Å². The Morgan fingerprint density at radius 2 is 2.00 bits per heavy atom. The van der Waals surface area contributed by atoms with Crippen LogP contribution >= 0.6 is 11.6 Å². The van der Waals surface area contributed by atoms with Crippen molar-refractivity contribution < 1.29 is 18.1 Å². The number of carbonyl (C=O) groups is 1. The summed E-state index contributed by atoms with van der Waals surface area (Å²) in [7, 11) is 0.100. The molecule has 0 aliphatic carbocycles. The molecule has 0 bridgehead atoms. The molecule has 0 unspecified atom stereocenters. The smallest absolute Gasteiger partial charge is 0.241 e. The van der Waals surface area contributed by atoms with Gasteiger partial charge in [0.05, 0.1) is 31.1 Å². The van der Waals surface area contributed by atoms with E-state index in [0.29, 0.717) is 5.02 Å². The minimum Gasteiger partial charge on any atom is -0.341 e. The van der Waals surface area contributed by atoms with Crippen molar-refractivity contribution in [1.29, 1.82) is 0 Å². The molecule has 6 nitrogen and oxygen atoms in total. The molecule has 0 aromatic heterocycles. The maximum absolute atomic E-state index is 12.6. The number of quaternary nitrogens is 1. The van der Waals surface area contributed by atoms with Gasteiger partial charge in [-0.25, -0.2) is 8.42 Å². The first-order valence-electron chi connectivity index (χ1n) is 8.06. The summed E-state index contributed by atoms with van der Waals surface area (Å²) in [6.07, 6.45) is 1.86. The van der Waals surface area contributed by atoms with E-state index >= 15 is 0 Å². The van der Waals surface area contributed by atoms with Crippen LogP contribution in [0.15, 0.2) is 29.2 Å². The Morgan fingerprint density at radius 3 is 2.58 bits per heavy atom. The molecule has 2 N–H and O–H groups in total. The summed E-state index contributed by atoms with van der Waals surface area (Å²) in [6.45, 7) is 3.61. The van der Waals surface area contributed by atoms with E-state index in [0.717, 1.165) is 25.9 Å². The monoisotopic (exact) mass is 374 g/mol. The molecule has 1 aliphatic heterocycles. The molecule has 1 amide bonds. The summed E-state index contributed by atoms with van der Waals surface area (Å²) in [6, 6.07) is 5.33. The Labute approximate surface area is 148 Å². The lowest BCUT2D eigenvalue weighted by Crippen LogP contribution is -3.10. The standard InChI is InChI=1S/C16H24ClN3O3S/c1-12(16(21)20(3)14-7-9-19(2)10-8-14)18-24(22,23)15-6-4-5-13(17)11-15/h4-6,11-12,14,18H,7-10H2,1-3H3/p+1/t12-/m1/s1. The van der Waals surface area contributed by atoms with Crippen LogP contribution in [-0.2, 0) is 14.8 Å². The van der Waals surface area contributed by atoms with Crippen LogP contribution in [0.2, 0.25) is 5.02 Å². The molecule has 0 radical (unpaired) electrons. The molecule has 134 valence electrons. The number of carbonyl (C=O) groups excluding carboxylic acids is 1. The predicted octanol–water partition coefficient (Wildman–Crippen LogP) is 0.142. The molecule has 1 fully saturated rings. The summed E-state index contributed by atoms with van der Waals surface area (Å²) in [4.78, 5) is 15.8. The average molecular weight is 375 g/mol. The van der Waals surface area contributed by atoms with Crippen molar-refractivity contribution in [3.05, 3.63) is 29.3 Å². The third-order valence-electron chi connectivity index (χ3n) is 4.51. The fourth-order valence-electron chi connectivity index (χ4n) is 2.95. The van der Waals surface area contributed by atoms with Gasteiger partial charge in [-0.3, -0.25) is 4.79 Å². The van der Waals surface area contributed by atoms with E-state index < -0.39 is 16.1 Å². The number of likely N-dealkylation sites (N-methyl/N-ethyl adjacent to an activating group) is 1. The zero-order chi connectivity index (χ0) is 17.9. The first-order valence-corrected chi connectivity index (χ1v) is 9.92. The van der Waals surface area contributed by atoms with Crippen LogP contribution in [0.5, 0.6) is 0 Å². The Hall–Kier alpha value is -1.15. The fraction of sp³-hybridized carbons (Fsp3) is 0.562. The van der Waals surface area contributed by atoms with Crippen molar-refractivity contribution in [2.24, 2.45) is 0 Å². The molecular weight excluding hydrogens is 350 g/mol. The summed E-state index contributed by atoms with van der Waals surface area (Å²) in [5, 5.41) is 0.336. The van der Waals surface area contributed by atoms with E-state index in [1.54, 1.807) is 31.0 Å². The van der Waals surface area contributed by atoms with E-state index in [-0.39, 0.29) is 16.8 Å². The summed E-state index contributed by atoms with van der Waals surface area (Å²) in [5.74, 6) is -0.217. The summed E-state index contributed by atoms with van der Waals surface area (Å²) < 4.78 is 27.2. The minimum absolute atomic E-state index is 0.0557. The molecule has 24 heavy (non-hydrogen) atoms. The summed E-state index contributed by atoms with van der Waals surface area (Å²) in [5.41, 5.74) is 0. The number of hydrogen-bond donors (Lipinski definition) is 2. The maximum Gasteiger partial charge on any atom is 0.241 e. The van der Waals surface area contributed by atoms with Crippen LogP contribution in [-0.4, -0.2) is 58.5 Å². The Kier molecular flexibility index (Phi) is 6.25. The molecular formula is C16H25ClN3O3S+. The van der Waals surface area contributed by atoms with Crippen molar-refractivity contribution in [1.82, 2.24) is 9.62 Å². The van der Waals surface area contributed by atoms with Gasteiger partial charge in [0, 0.05) is 31.0 Å². The highest BCUT2D eigenvalue weighted by molar-refractivity contribution is 7.89. The Balaban J connectivity index is 2.02. The van der Waals surface area contributed by atoms with Crippen LogP contribution in [0.4, 0.5) is 0 Å². The second kappa shape index (κ2) is 7.82. The molecule has 1 aliphatic rings. The number of sulfonamides is 1. The first-order chi connectivity index (χ1) is 11.2. The van der Waals surface area contributed by atoms with Gasteiger partial charge in [0.15, 0.2) is 0 Å².